The summed E-state index contributed by atoms with van der Waals surface area (Å²) in [6.07, 6.45) is 3.27. The summed E-state index contributed by atoms with van der Waals surface area (Å²) >= 11 is 0. The predicted molar refractivity (Wildman–Crippen MR) is 60.9 cm³/mol. The Kier molecular flexibility index (Phi) is 5.06. The highest BCUT2D eigenvalue weighted by molar-refractivity contribution is 5.75. The van der Waals surface area contributed by atoms with E-state index in [2.05, 4.69) is 4.98 Å². The van der Waals surface area contributed by atoms with Crippen LogP contribution in [0, 0.1) is 10.1 Å². The minimum Gasteiger partial charge on any atom is -0.486 e. The lowest BCUT2D eigenvalue weighted by Gasteiger charge is -2.05. The maximum Gasteiger partial charge on any atom is 0.406 e. The summed E-state index contributed by atoms with van der Waals surface area (Å²) in [6.45, 7) is 1.88. The van der Waals surface area contributed by atoms with E-state index in [0.29, 0.717) is 19.4 Å². The van der Waals surface area contributed by atoms with Gasteiger partial charge in [0.15, 0.2) is 0 Å². The molecule has 1 rings (SSSR count). The number of carbonyl (C=O) groups excluding carboxylic acids is 1. The van der Waals surface area contributed by atoms with Gasteiger partial charge < -0.3 is 19.6 Å². The fourth-order valence-electron chi connectivity index (χ4n) is 1.29. The molecular formula is C11H14N2O4. The van der Waals surface area contributed by atoms with Crippen LogP contribution in [0.1, 0.15) is 26.2 Å². The quantitative estimate of drug-likeness (QED) is 0.413. The van der Waals surface area contributed by atoms with Crippen molar-refractivity contribution in [3.63, 3.8) is 0 Å². The normalized spacial score (nSPS) is 9.94. The van der Waals surface area contributed by atoms with E-state index < -0.39 is 4.92 Å². The monoisotopic (exact) mass is 238 g/mol. The van der Waals surface area contributed by atoms with Gasteiger partial charge in [-0.1, -0.05) is 0 Å². The van der Waals surface area contributed by atoms with Crippen molar-refractivity contribution in [2.45, 2.75) is 26.2 Å². The molecule has 0 saturated heterocycles. The van der Waals surface area contributed by atoms with Crippen molar-refractivity contribution in [1.29, 1.82) is 0 Å². The molecule has 0 atom stereocenters. The van der Waals surface area contributed by atoms with Crippen molar-refractivity contribution in [2.24, 2.45) is 0 Å². The maximum atomic E-state index is 10.7. The largest absolute Gasteiger partial charge is 0.486 e. The molecule has 0 aliphatic heterocycles. The van der Waals surface area contributed by atoms with E-state index in [1.54, 1.807) is 6.07 Å². The summed E-state index contributed by atoms with van der Waals surface area (Å²) in [6, 6.07) is 3.09. The Morgan fingerprint density at radius 3 is 2.94 bits per heavy atom. The number of carbonyl (C=O) groups is 1. The first kappa shape index (κ1) is 13.1. The number of ketones is 1. The molecule has 0 radical (unpaired) electrons. The van der Waals surface area contributed by atoms with E-state index in [-0.39, 0.29) is 17.4 Å². The number of rotatable bonds is 7. The molecule has 0 aliphatic carbocycles. The molecule has 0 spiro atoms. The van der Waals surface area contributed by atoms with Gasteiger partial charge in [-0.15, -0.1) is 0 Å². The van der Waals surface area contributed by atoms with Crippen LogP contribution >= 0.6 is 0 Å². The van der Waals surface area contributed by atoms with Gasteiger partial charge >= 0.3 is 5.82 Å². The molecule has 0 aliphatic rings. The molecule has 0 aromatic carbocycles. The van der Waals surface area contributed by atoms with Gasteiger partial charge in [-0.2, -0.15) is 0 Å². The number of pyridine rings is 1. The summed E-state index contributed by atoms with van der Waals surface area (Å²) in [5.41, 5.74) is 0. The van der Waals surface area contributed by atoms with Gasteiger partial charge in [0.1, 0.15) is 12.0 Å². The van der Waals surface area contributed by atoms with Gasteiger partial charge in [0.2, 0.25) is 5.75 Å². The van der Waals surface area contributed by atoms with Gasteiger partial charge in [-0.25, -0.2) is 0 Å². The highest BCUT2D eigenvalue weighted by Crippen LogP contribution is 2.22. The first-order chi connectivity index (χ1) is 8.11. The molecule has 1 aromatic rings. The summed E-state index contributed by atoms with van der Waals surface area (Å²) in [5, 5.41) is 10.6. The number of aromatic nitrogens is 1. The lowest BCUT2D eigenvalue weighted by atomic mass is 10.2. The van der Waals surface area contributed by atoms with Crippen LogP contribution in [-0.2, 0) is 4.79 Å². The van der Waals surface area contributed by atoms with Crippen LogP contribution in [0.15, 0.2) is 18.3 Å². The molecule has 0 saturated carbocycles. The predicted octanol–water partition coefficient (Wildman–Crippen LogP) is 2.13. The standard InChI is InChI=1S/C11H14N2O4/c1-9(14)5-2-3-8-17-10-6-4-7-12-11(10)13(15)16/h4,6-7H,2-3,5,8H2,1H3. The molecule has 6 heteroatoms. The Morgan fingerprint density at radius 1 is 1.53 bits per heavy atom. The van der Waals surface area contributed by atoms with Gasteiger partial charge in [0.25, 0.3) is 0 Å². The minimum absolute atomic E-state index is 0.136. The van der Waals surface area contributed by atoms with E-state index in [4.69, 9.17) is 4.74 Å². The Hall–Kier alpha value is -1.98. The van der Waals surface area contributed by atoms with Gasteiger partial charge in [-0.3, -0.25) is 0 Å². The molecule has 0 bridgehead atoms. The van der Waals surface area contributed by atoms with Crippen molar-refractivity contribution in [3.8, 4) is 5.75 Å². The molecule has 0 unspecified atom stereocenters. The SMILES string of the molecule is CC(=O)CCCCOc1cccnc1[N+](=O)[O-]. The van der Waals surface area contributed by atoms with Crippen LogP contribution in [0.4, 0.5) is 5.82 Å². The second kappa shape index (κ2) is 6.57. The molecule has 6 nitrogen and oxygen atoms in total. The van der Waals surface area contributed by atoms with Gasteiger partial charge in [0.05, 0.1) is 6.61 Å². The molecule has 1 heterocycles. The van der Waals surface area contributed by atoms with E-state index >= 15 is 0 Å². The van der Waals surface area contributed by atoms with E-state index in [1.807, 2.05) is 0 Å². The fraction of sp³-hybridized carbons (Fsp3) is 0.455. The fourth-order valence-corrected chi connectivity index (χ4v) is 1.29. The van der Waals surface area contributed by atoms with Crippen LogP contribution in [0.25, 0.3) is 0 Å². The Balaban J connectivity index is 2.41. The minimum atomic E-state index is -0.578. The lowest BCUT2D eigenvalue weighted by molar-refractivity contribution is -0.390. The average molecular weight is 238 g/mol. The summed E-state index contributed by atoms with van der Waals surface area (Å²) in [4.78, 5) is 24.3. The zero-order valence-electron chi connectivity index (χ0n) is 9.59. The third-order valence-electron chi connectivity index (χ3n) is 2.10. The molecule has 0 amide bonds. The van der Waals surface area contributed by atoms with Crippen LogP contribution in [0.3, 0.4) is 0 Å². The van der Waals surface area contributed by atoms with Crippen molar-refractivity contribution in [1.82, 2.24) is 4.98 Å². The van der Waals surface area contributed by atoms with Gasteiger partial charge in [0, 0.05) is 6.42 Å². The highest BCUT2D eigenvalue weighted by Gasteiger charge is 2.14. The Bertz CT molecular complexity index is 406. The first-order valence-corrected chi connectivity index (χ1v) is 5.33. The van der Waals surface area contributed by atoms with Crippen molar-refractivity contribution in [2.75, 3.05) is 6.61 Å². The summed E-state index contributed by atoms with van der Waals surface area (Å²) in [7, 11) is 0. The number of nitro groups is 1. The molecule has 0 N–H and O–H groups in total. The van der Waals surface area contributed by atoms with E-state index in [9.17, 15) is 14.9 Å². The van der Waals surface area contributed by atoms with Crippen LogP contribution < -0.4 is 4.74 Å². The molecular weight excluding hydrogens is 224 g/mol. The molecule has 17 heavy (non-hydrogen) atoms. The van der Waals surface area contributed by atoms with Crippen molar-refractivity contribution < 1.29 is 14.5 Å². The van der Waals surface area contributed by atoms with Crippen molar-refractivity contribution in [3.05, 3.63) is 28.4 Å². The third kappa shape index (κ3) is 4.58. The molecule has 92 valence electrons. The number of hydrogen-bond acceptors (Lipinski definition) is 5. The zero-order chi connectivity index (χ0) is 12.7. The number of unbranched alkanes of at least 4 members (excludes halogenated alkanes) is 1. The number of Topliss-reactive ketones (excluding diaryl/α,β-unsaturated/α-hetero) is 1. The molecule has 1 aromatic heterocycles. The van der Waals surface area contributed by atoms with Crippen LogP contribution in [-0.4, -0.2) is 22.3 Å². The smallest absolute Gasteiger partial charge is 0.406 e. The third-order valence-corrected chi connectivity index (χ3v) is 2.10. The first-order valence-electron chi connectivity index (χ1n) is 5.33. The Labute approximate surface area is 98.8 Å². The van der Waals surface area contributed by atoms with Gasteiger partial charge in [-0.05, 0) is 41.8 Å². The maximum absolute atomic E-state index is 10.7. The van der Waals surface area contributed by atoms with Crippen LogP contribution in [0.5, 0.6) is 5.75 Å². The number of nitrogens with zero attached hydrogens (tertiary/aromatic N) is 2. The second-order valence-electron chi connectivity index (χ2n) is 3.59. The number of ether oxygens (including phenoxy) is 1. The zero-order valence-corrected chi connectivity index (χ0v) is 9.59. The van der Waals surface area contributed by atoms with Crippen molar-refractivity contribution >= 4 is 11.6 Å². The molecule has 0 fully saturated rings. The van der Waals surface area contributed by atoms with E-state index in [0.717, 1.165) is 6.42 Å². The lowest BCUT2D eigenvalue weighted by Crippen LogP contribution is -2.02. The summed E-state index contributed by atoms with van der Waals surface area (Å²) < 4.78 is 5.26. The average Bonchev–Trinajstić information content (AvgIpc) is 2.28. The van der Waals surface area contributed by atoms with Crippen LogP contribution in [0.2, 0.25) is 0 Å². The second-order valence-corrected chi connectivity index (χ2v) is 3.59. The number of hydrogen-bond donors (Lipinski definition) is 0. The summed E-state index contributed by atoms with van der Waals surface area (Å²) in [5.74, 6) is 0.0248. The highest BCUT2D eigenvalue weighted by atomic mass is 16.6. The topological polar surface area (TPSA) is 82.3 Å². The Morgan fingerprint density at radius 2 is 2.29 bits per heavy atom. The van der Waals surface area contributed by atoms with E-state index in [1.165, 1.54) is 19.2 Å².